The molecule has 0 saturated carbocycles. The highest BCUT2D eigenvalue weighted by molar-refractivity contribution is 6.31. The summed E-state index contributed by atoms with van der Waals surface area (Å²) in [6.45, 7) is 5.56. The molecule has 9 nitrogen and oxygen atoms in total. The predicted octanol–water partition coefficient (Wildman–Crippen LogP) is 3.44. The summed E-state index contributed by atoms with van der Waals surface area (Å²) in [6.07, 6.45) is 2.92. The Balaban J connectivity index is 1.71. The van der Waals surface area contributed by atoms with Crippen LogP contribution in [0.3, 0.4) is 0 Å². The third kappa shape index (κ3) is 4.03. The molecular formula is C25H23N3O6. The van der Waals surface area contributed by atoms with Gasteiger partial charge in [-0.2, -0.15) is 0 Å². The van der Waals surface area contributed by atoms with E-state index in [-0.39, 0.29) is 12.1 Å². The van der Waals surface area contributed by atoms with Gasteiger partial charge in [0.15, 0.2) is 0 Å². The highest BCUT2D eigenvalue weighted by Gasteiger charge is 2.36. The van der Waals surface area contributed by atoms with E-state index in [9.17, 15) is 19.2 Å². The first-order chi connectivity index (χ1) is 16.2. The summed E-state index contributed by atoms with van der Waals surface area (Å²) < 4.78 is 12.0. The molecule has 1 aromatic carbocycles. The molecule has 0 spiro atoms. The van der Waals surface area contributed by atoms with Gasteiger partial charge in [-0.15, -0.1) is 0 Å². The number of benzene rings is 1. The van der Waals surface area contributed by atoms with Crippen LogP contribution >= 0.6 is 0 Å². The number of barbiturate groups is 1. The monoisotopic (exact) mass is 461 g/mol. The number of nitrogens with one attached hydrogen (secondary N) is 1. The summed E-state index contributed by atoms with van der Waals surface area (Å²) in [5, 5.41) is 2.21. The van der Waals surface area contributed by atoms with E-state index >= 15 is 0 Å². The Morgan fingerprint density at radius 3 is 2.53 bits per heavy atom. The lowest BCUT2D eigenvalue weighted by molar-refractivity contribution is -0.130. The van der Waals surface area contributed by atoms with Crippen LogP contribution in [0.4, 0.5) is 4.79 Å². The molecule has 174 valence electrons. The fourth-order valence-electron chi connectivity index (χ4n) is 4.01. The number of esters is 1. The molecule has 1 aliphatic heterocycles. The van der Waals surface area contributed by atoms with E-state index in [1.807, 2.05) is 37.5 Å². The Kier molecular flexibility index (Phi) is 5.93. The molecule has 0 unspecified atom stereocenters. The molecule has 1 fully saturated rings. The molecule has 0 atom stereocenters. The first-order valence-electron chi connectivity index (χ1n) is 10.5. The zero-order valence-electron chi connectivity index (χ0n) is 19.2. The van der Waals surface area contributed by atoms with Gasteiger partial charge in [0.05, 0.1) is 25.5 Å². The lowest BCUT2D eigenvalue weighted by Gasteiger charge is -2.25. The Morgan fingerprint density at radius 2 is 1.88 bits per heavy atom. The third-order valence-electron chi connectivity index (χ3n) is 5.71. The molecular weight excluding hydrogens is 438 g/mol. The summed E-state index contributed by atoms with van der Waals surface area (Å²) in [4.78, 5) is 50.5. The van der Waals surface area contributed by atoms with E-state index in [1.54, 1.807) is 24.3 Å². The number of amides is 4. The average Bonchev–Trinajstić information content (AvgIpc) is 3.41. The smallest absolute Gasteiger partial charge is 0.337 e. The number of ether oxygens (including phenoxy) is 1. The Labute approximate surface area is 195 Å². The van der Waals surface area contributed by atoms with Gasteiger partial charge in [0.2, 0.25) is 0 Å². The van der Waals surface area contributed by atoms with E-state index < -0.39 is 23.8 Å². The second-order valence-corrected chi connectivity index (χ2v) is 7.94. The molecule has 9 heteroatoms. The minimum absolute atomic E-state index is 0.0902. The summed E-state index contributed by atoms with van der Waals surface area (Å²) >= 11 is 0. The van der Waals surface area contributed by atoms with Crippen molar-refractivity contribution >= 4 is 29.9 Å². The molecule has 34 heavy (non-hydrogen) atoms. The van der Waals surface area contributed by atoms with E-state index in [0.29, 0.717) is 16.9 Å². The standard InChI is InChI=1S/C25H23N3O6/c1-14-10-17(24(31)33-4)7-8-21(14)28-15(2)11-18(16(28)3)12-20-22(29)26-25(32)27(23(20)30)13-19-6-5-9-34-19/h5-12H,13H2,1-4H3,(H,26,29,32). The van der Waals surface area contributed by atoms with Crippen molar-refractivity contribution in [2.24, 2.45) is 0 Å². The molecule has 1 N–H and O–H groups in total. The molecule has 1 aliphatic rings. The fraction of sp³-hybridized carbons (Fsp3) is 0.200. The first-order valence-corrected chi connectivity index (χ1v) is 10.5. The number of rotatable bonds is 5. The number of aryl methyl sites for hydroxylation is 2. The SMILES string of the molecule is COC(=O)c1ccc(-n2c(C)cc(C=C3C(=O)NC(=O)N(Cc4ccco4)C3=O)c2C)c(C)c1. The number of hydrogen-bond donors (Lipinski definition) is 1. The van der Waals surface area contributed by atoms with Gasteiger partial charge in [0.1, 0.15) is 11.3 Å². The molecule has 1 saturated heterocycles. The lowest BCUT2D eigenvalue weighted by Crippen LogP contribution is -2.53. The van der Waals surface area contributed by atoms with Gasteiger partial charge < -0.3 is 13.7 Å². The Morgan fingerprint density at radius 1 is 1.12 bits per heavy atom. The maximum Gasteiger partial charge on any atom is 0.337 e. The minimum atomic E-state index is -0.796. The summed E-state index contributed by atoms with van der Waals surface area (Å²) in [5.41, 5.74) is 4.30. The Hall–Kier alpha value is -4.40. The van der Waals surface area contributed by atoms with E-state index in [0.717, 1.165) is 27.5 Å². The summed E-state index contributed by atoms with van der Waals surface area (Å²) in [7, 11) is 1.33. The number of urea groups is 1. The third-order valence-corrected chi connectivity index (χ3v) is 5.71. The second-order valence-electron chi connectivity index (χ2n) is 7.94. The van der Waals surface area contributed by atoms with Gasteiger partial charge in [0, 0.05) is 17.1 Å². The van der Waals surface area contributed by atoms with Crippen molar-refractivity contribution in [2.75, 3.05) is 7.11 Å². The fourth-order valence-corrected chi connectivity index (χ4v) is 4.01. The van der Waals surface area contributed by atoms with Crippen LogP contribution in [-0.2, 0) is 20.9 Å². The average molecular weight is 461 g/mol. The molecule has 4 rings (SSSR count). The molecule has 3 aromatic rings. The number of hydrogen-bond acceptors (Lipinski definition) is 6. The maximum absolute atomic E-state index is 13.0. The first kappa shape index (κ1) is 22.8. The van der Waals surface area contributed by atoms with Crippen molar-refractivity contribution in [3.8, 4) is 5.69 Å². The van der Waals surface area contributed by atoms with Gasteiger partial charge in [-0.3, -0.25) is 19.8 Å². The highest BCUT2D eigenvalue weighted by atomic mass is 16.5. The molecule has 3 heterocycles. The van der Waals surface area contributed by atoms with E-state index in [2.05, 4.69) is 5.32 Å². The van der Waals surface area contributed by atoms with Gasteiger partial charge in [-0.1, -0.05) is 0 Å². The normalized spacial score (nSPS) is 15.1. The number of furan rings is 1. The van der Waals surface area contributed by atoms with Crippen molar-refractivity contribution in [1.82, 2.24) is 14.8 Å². The van der Waals surface area contributed by atoms with Gasteiger partial charge in [-0.25, -0.2) is 9.59 Å². The number of carbonyl (C=O) groups excluding carboxylic acids is 4. The number of nitrogens with zero attached hydrogens (tertiary/aromatic N) is 2. The van der Waals surface area contributed by atoms with E-state index in [4.69, 9.17) is 9.15 Å². The number of imide groups is 2. The largest absolute Gasteiger partial charge is 0.467 e. The van der Waals surface area contributed by atoms with Crippen LogP contribution in [-0.4, -0.2) is 40.4 Å². The van der Waals surface area contributed by atoms with Crippen molar-refractivity contribution in [3.63, 3.8) is 0 Å². The summed E-state index contributed by atoms with van der Waals surface area (Å²) in [6, 6.07) is 9.59. The number of aromatic nitrogens is 1. The topological polar surface area (TPSA) is 111 Å². The van der Waals surface area contributed by atoms with Crippen LogP contribution in [0.2, 0.25) is 0 Å². The van der Waals surface area contributed by atoms with Gasteiger partial charge >= 0.3 is 12.0 Å². The molecule has 0 aliphatic carbocycles. The van der Waals surface area contributed by atoms with Crippen molar-refractivity contribution in [2.45, 2.75) is 27.3 Å². The van der Waals surface area contributed by atoms with Crippen LogP contribution in [0, 0.1) is 20.8 Å². The van der Waals surface area contributed by atoms with Crippen LogP contribution in [0.15, 0.2) is 52.7 Å². The lowest BCUT2D eigenvalue weighted by atomic mass is 10.1. The summed E-state index contributed by atoms with van der Waals surface area (Å²) in [5.74, 6) is -1.46. The minimum Gasteiger partial charge on any atom is -0.467 e. The quantitative estimate of drug-likeness (QED) is 0.354. The molecule has 2 aromatic heterocycles. The van der Waals surface area contributed by atoms with Crippen LogP contribution in [0.5, 0.6) is 0 Å². The number of methoxy groups -OCH3 is 1. The predicted molar refractivity (Wildman–Crippen MR) is 122 cm³/mol. The number of carbonyl (C=O) groups is 4. The van der Waals surface area contributed by atoms with Gasteiger partial charge in [0.25, 0.3) is 11.8 Å². The van der Waals surface area contributed by atoms with Crippen molar-refractivity contribution < 1.29 is 28.3 Å². The zero-order chi connectivity index (χ0) is 24.6. The molecule has 0 bridgehead atoms. The second kappa shape index (κ2) is 8.86. The highest BCUT2D eigenvalue weighted by Crippen LogP contribution is 2.27. The zero-order valence-corrected chi connectivity index (χ0v) is 19.2. The Bertz CT molecular complexity index is 1350. The van der Waals surface area contributed by atoms with Gasteiger partial charge in [-0.05, 0) is 74.4 Å². The molecule has 0 radical (unpaired) electrons. The van der Waals surface area contributed by atoms with Crippen LogP contribution in [0.1, 0.15) is 38.6 Å². The van der Waals surface area contributed by atoms with Crippen LogP contribution in [0.25, 0.3) is 11.8 Å². The molecule has 4 amide bonds. The van der Waals surface area contributed by atoms with Crippen molar-refractivity contribution in [1.29, 1.82) is 0 Å². The van der Waals surface area contributed by atoms with Crippen molar-refractivity contribution in [3.05, 3.63) is 82.1 Å². The van der Waals surface area contributed by atoms with Crippen LogP contribution < -0.4 is 5.32 Å². The maximum atomic E-state index is 13.0. The van der Waals surface area contributed by atoms with E-state index in [1.165, 1.54) is 19.4 Å².